The van der Waals surface area contributed by atoms with Gasteiger partial charge in [-0.1, -0.05) is 6.07 Å². The summed E-state index contributed by atoms with van der Waals surface area (Å²) in [6.07, 6.45) is 0. The van der Waals surface area contributed by atoms with Crippen molar-refractivity contribution in [3.8, 4) is 0 Å². The van der Waals surface area contributed by atoms with Crippen molar-refractivity contribution in [2.24, 2.45) is 0 Å². The summed E-state index contributed by atoms with van der Waals surface area (Å²) in [5.41, 5.74) is 2.56. The van der Waals surface area contributed by atoms with E-state index in [1.807, 2.05) is 6.92 Å². The van der Waals surface area contributed by atoms with Crippen LogP contribution in [0.1, 0.15) is 31.2 Å². The predicted octanol–water partition coefficient (Wildman–Crippen LogP) is 4.27. The Bertz CT molecular complexity index is 994. The first-order valence-electron chi connectivity index (χ1n) is 7.74. The first kappa shape index (κ1) is 17.1. The number of amides is 2. The van der Waals surface area contributed by atoms with E-state index in [1.165, 1.54) is 17.4 Å². The van der Waals surface area contributed by atoms with E-state index < -0.39 is 0 Å². The Morgan fingerprint density at radius 2 is 1.84 bits per heavy atom. The summed E-state index contributed by atoms with van der Waals surface area (Å²) in [7, 11) is 1.57. The van der Waals surface area contributed by atoms with E-state index in [-0.39, 0.29) is 17.6 Å². The Labute approximate surface area is 148 Å². The van der Waals surface area contributed by atoms with Gasteiger partial charge in [-0.3, -0.25) is 9.59 Å². The van der Waals surface area contributed by atoms with E-state index in [4.69, 9.17) is 0 Å². The standard InChI is InChI=1S/C19H17FN2O2S/c1-10-9-12(18(23)21-3)7-8-14(10)22-19(24)17-11(2)16-13(20)5-4-6-15(16)25-17/h4-9H,1-3H3,(H,21,23)(H,22,24). The average molecular weight is 356 g/mol. The largest absolute Gasteiger partial charge is 0.355 e. The first-order chi connectivity index (χ1) is 11.9. The lowest BCUT2D eigenvalue weighted by atomic mass is 10.1. The molecule has 128 valence electrons. The minimum absolute atomic E-state index is 0.184. The van der Waals surface area contributed by atoms with Crippen molar-refractivity contribution in [2.75, 3.05) is 12.4 Å². The van der Waals surface area contributed by atoms with Crippen LogP contribution in [0.4, 0.5) is 10.1 Å². The monoisotopic (exact) mass is 356 g/mol. The maximum atomic E-state index is 14.0. The Hall–Kier alpha value is -2.73. The third-order valence-corrected chi connectivity index (χ3v) is 5.33. The molecule has 1 aromatic heterocycles. The van der Waals surface area contributed by atoms with Crippen LogP contribution in [0.3, 0.4) is 0 Å². The van der Waals surface area contributed by atoms with Crippen molar-refractivity contribution in [2.45, 2.75) is 13.8 Å². The molecule has 4 nitrogen and oxygen atoms in total. The molecular weight excluding hydrogens is 339 g/mol. The average Bonchev–Trinajstić information content (AvgIpc) is 2.94. The molecule has 2 amide bonds. The molecule has 0 aliphatic carbocycles. The minimum atomic E-state index is -0.323. The molecule has 3 rings (SSSR count). The molecule has 0 unspecified atom stereocenters. The summed E-state index contributed by atoms with van der Waals surface area (Å²) < 4.78 is 14.8. The number of thiophene rings is 1. The van der Waals surface area contributed by atoms with Gasteiger partial charge in [0.2, 0.25) is 0 Å². The van der Waals surface area contributed by atoms with Gasteiger partial charge in [-0.25, -0.2) is 4.39 Å². The van der Waals surface area contributed by atoms with Crippen molar-refractivity contribution in [3.63, 3.8) is 0 Å². The van der Waals surface area contributed by atoms with Crippen LogP contribution in [0.5, 0.6) is 0 Å². The van der Waals surface area contributed by atoms with Crippen LogP contribution in [0.2, 0.25) is 0 Å². The molecule has 3 aromatic rings. The number of hydrogen-bond donors (Lipinski definition) is 2. The number of anilines is 1. The van der Waals surface area contributed by atoms with Gasteiger partial charge in [-0.15, -0.1) is 11.3 Å². The second-order valence-electron chi connectivity index (χ2n) is 5.73. The molecule has 0 atom stereocenters. The second-order valence-corrected chi connectivity index (χ2v) is 6.78. The number of fused-ring (bicyclic) bond motifs is 1. The molecule has 0 aliphatic heterocycles. The van der Waals surface area contributed by atoms with E-state index in [9.17, 15) is 14.0 Å². The van der Waals surface area contributed by atoms with Crippen LogP contribution in [0.15, 0.2) is 36.4 Å². The summed E-state index contributed by atoms with van der Waals surface area (Å²) in [6.45, 7) is 3.57. The van der Waals surface area contributed by atoms with Crippen LogP contribution >= 0.6 is 11.3 Å². The molecule has 25 heavy (non-hydrogen) atoms. The molecule has 1 heterocycles. The molecule has 2 N–H and O–H groups in total. The molecule has 2 aromatic carbocycles. The summed E-state index contributed by atoms with van der Waals surface area (Å²) >= 11 is 1.27. The lowest BCUT2D eigenvalue weighted by molar-refractivity contribution is 0.0962. The van der Waals surface area contributed by atoms with E-state index >= 15 is 0 Å². The number of carbonyl (C=O) groups is 2. The SMILES string of the molecule is CNC(=O)c1ccc(NC(=O)c2sc3cccc(F)c3c2C)c(C)c1. The van der Waals surface area contributed by atoms with Gasteiger partial charge in [0, 0.05) is 28.4 Å². The number of nitrogens with one attached hydrogen (secondary N) is 2. The lowest BCUT2D eigenvalue weighted by Crippen LogP contribution is -2.18. The van der Waals surface area contributed by atoms with Gasteiger partial charge in [0.25, 0.3) is 11.8 Å². The minimum Gasteiger partial charge on any atom is -0.355 e. The highest BCUT2D eigenvalue weighted by Gasteiger charge is 2.18. The molecule has 0 saturated heterocycles. The fourth-order valence-electron chi connectivity index (χ4n) is 2.74. The number of benzene rings is 2. The fourth-order valence-corrected chi connectivity index (χ4v) is 3.86. The van der Waals surface area contributed by atoms with Gasteiger partial charge >= 0.3 is 0 Å². The molecule has 6 heteroatoms. The Balaban J connectivity index is 1.92. The van der Waals surface area contributed by atoms with E-state index in [0.29, 0.717) is 27.1 Å². The van der Waals surface area contributed by atoms with Crippen molar-refractivity contribution in [3.05, 3.63) is 63.8 Å². The molecule has 0 radical (unpaired) electrons. The van der Waals surface area contributed by atoms with Gasteiger partial charge in [0.05, 0.1) is 4.88 Å². The normalized spacial score (nSPS) is 10.7. The quantitative estimate of drug-likeness (QED) is 0.736. The Morgan fingerprint density at radius 3 is 2.48 bits per heavy atom. The molecule has 0 bridgehead atoms. The topological polar surface area (TPSA) is 58.2 Å². The van der Waals surface area contributed by atoms with Crippen molar-refractivity contribution >= 4 is 38.9 Å². The maximum Gasteiger partial charge on any atom is 0.266 e. The van der Waals surface area contributed by atoms with E-state index in [0.717, 1.165) is 10.3 Å². The molecular formula is C19H17FN2O2S. The third-order valence-electron chi connectivity index (χ3n) is 4.07. The highest BCUT2D eigenvalue weighted by atomic mass is 32.1. The summed E-state index contributed by atoms with van der Waals surface area (Å²) in [5.74, 6) is -0.790. The third kappa shape index (κ3) is 3.13. The van der Waals surface area contributed by atoms with Crippen molar-refractivity contribution in [1.82, 2.24) is 5.32 Å². The van der Waals surface area contributed by atoms with Gasteiger partial charge in [0.1, 0.15) is 5.82 Å². The Morgan fingerprint density at radius 1 is 1.08 bits per heavy atom. The summed E-state index contributed by atoms with van der Waals surface area (Å²) in [5, 5.41) is 5.90. The van der Waals surface area contributed by atoms with Crippen LogP contribution < -0.4 is 10.6 Å². The molecule has 0 aliphatic rings. The Kier molecular flexibility index (Phi) is 4.55. The summed E-state index contributed by atoms with van der Waals surface area (Å²) in [6, 6.07) is 9.89. The summed E-state index contributed by atoms with van der Waals surface area (Å²) in [4.78, 5) is 24.8. The smallest absolute Gasteiger partial charge is 0.266 e. The second kappa shape index (κ2) is 6.64. The molecule has 0 fully saturated rings. The zero-order valence-corrected chi connectivity index (χ0v) is 14.9. The van der Waals surface area contributed by atoms with Crippen LogP contribution in [-0.4, -0.2) is 18.9 Å². The fraction of sp³-hybridized carbons (Fsp3) is 0.158. The van der Waals surface area contributed by atoms with E-state index in [1.54, 1.807) is 44.3 Å². The maximum absolute atomic E-state index is 14.0. The zero-order chi connectivity index (χ0) is 18.1. The van der Waals surface area contributed by atoms with Gasteiger partial charge in [-0.2, -0.15) is 0 Å². The first-order valence-corrected chi connectivity index (χ1v) is 8.55. The highest BCUT2D eigenvalue weighted by molar-refractivity contribution is 7.21. The number of carbonyl (C=O) groups excluding carboxylic acids is 2. The van der Waals surface area contributed by atoms with Crippen LogP contribution in [-0.2, 0) is 0 Å². The van der Waals surface area contributed by atoms with Gasteiger partial charge in [-0.05, 0) is 55.3 Å². The number of hydrogen-bond acceptors (Lipinski definition) is 3. The van der Waals surface area contributed by atoms with Crippen molar-refractivity contribution in [1.29, 1.82) is 0 Å². The number of halogens is 1. The van der Waals surface area contributed by atoms with E-state index in [2.05, 4.69) is 10.6 Å². The molecule has 0 spiro atoms. The van der Waals surface area contributed by atoms with Crippen LogP contribution in [0.25, 0.3) is 10.1 Å². The van der Waals surface area contributed by atoms with Gasteiger partial charge < -0.3 is 10.6 Å². The van der Waals surface area contributed by atoms with Gasteiger partial charge in [0.15, 0.2) is 0 Å². The number of rotatable bonds is 3. The van der Waals surface area contributed by atoms with Crippen molar-refractivity contribution < 1.29 is 14.0 Å². The lowest BCUT2D eigenvalue weighted by Gasteiger charge is -2.09. The predicted molar refractivity (Wildman–Crippen MR) is 99.0 cm³/mol. The zero-order valence-electron chi connectivity index (χ0n) is 14.1. The van der Waals surface area contributed by atoms with Crippen LogP contribution in [0, 0.1) is 19.7 Å². The highest BCUT2D eigenvalue weighted by Crippen LogP contribution is 2.33. The number of aryl methyl sites for hydroxylation is 2. The molecule has 0 saturated carbocycles.